The molecule has 0 aliphatic heterocycles. The second-order valence-corrected chi connectivity index (χ2v) is 7.37. The standard InChI is InChI=1S/C22H20N2OS/c1-23(15-17-8-4-2-5-9-17)22(25)20-14-21-19(12-13-26-21)24(20)16-18-10-6-3-7-11-18/h2-14H,15-16H2,1H3. The summed E-state index contributed by atoms with van der Waals surface area (Å²) in [5.74, 6) is 0.0492. The number of nitrogens with zero attached hydrogens (tertiary/aromatic N) is 2. The number of carbonyl (C=O) groups excluding carboxylic acids is 1. The zero-order valence-electron chi connectivity index (χ0n) is 14.6. The minimum Gasteiger partial charge on any atom is -0.336 e. The fourth-order valence-corrected chi connectivity index (χ4v) is 4.04. The Labute approximate surface area is 157 Å². The van der Waals surface area contributed by atoms with E-state index in [-0.39, 0.29) is 5.91 Å². The third-order valence-electron chi connectivity index (χ3n) is 4.53. The molecule has 0 aliphatic rings. The lowest BCUT2D eigenvalue weighted by atomic mass is 10.2. The fraction of sp³-hybridized carbons (Fsp3) is 0.136. The minimum atomic E-state index is 0.0492. The zero-order chi connectivity index (χ0) is 17.9. The largest absolute Gasteiger partial charge is 0.336 e. The van der Waals surface area contributed by atoms with Crippen LogP contribution in [0.1, 0.15) is 21.6 Å². The number of thiophene rings is 1. The van der Waals surface area contributed by atoms with Crippen molar-refractivity contribution in [2.24, 2.45) is 0 Å². The normalized spacial score (nSPS) is 11.0. The highest BCUT2D eigenvalue weighted by atomic mass is 32.1. The van der Waals surface area contributed by atoms with Gasteiger partial charge in [-0.15, -0.1) is 11.3 Å². The van der Waals surface area contributed by atoms with Crippen LogP contribution in [0.4, 0.5) is 0 Å². The van der Waals surface area contributed by atoms with Crippen molar-refractivity contribution >= 4 is 27.5 Å². The number of fused-ring (bicyclic) bond motifs is 1. The van der Waals surface area contributed by atoms with Crippen LogP contribution in [0.5, 0.6) is 0 Å². The average molecular weight is 360 g/mol. The monoisotopic (exact) mass is 360 g/mol. The summed E-state index contributed by atoms with van der Waals surface area (Å²) in [5.41, 5.74) is 4.19. The molecule has 0 N–H and O–H groups in total. The SMILES string of the molecule is CN(Cc1ccccc1)C(=O)c1cc2sccc2n1Cc1ccccc1. The van der Waals surface area contributed by atoms with E-state index in [1.807, 2.05) is 61.6 Å². The van der Waals surface area contributed by atoms with Crippen LogP contribution < -0.4 is 0 Å². The second-order valence-electron chi connectivity index (χ2n) is 6.42. The molecule has 0 fully saturated rings. The molecule has 0 spiro atoms. The molecule has 0 unspecified atom stereocenters. The van der Waals surface area contributed by atoms with Gasteiger partial charge in [0.1, 0.15) is 5.69 Å². The highest BCUT2D eigenvalue weighted by Crippen LogP contribution is 2.27. The number of amides is 1. The van der Waals surface area contributed by atoms with E-state index in [0.717, 1.165) is 21.5 Å². The maximum Gasteiger partial charge on any atom is 0.270 e. The van der Waals surface area contributed by atoms with E-state index in [0.29, 0.717) is 13.1 Å². The van der Waals surface area contributed by atoms with E-state index in [9.17, 15) is 4.79 Å². The Morgan fingerprint density at radius 2 is 1.62 bits per heavy atom. The van der Waals surface area contributed by atoms with Crippen molar-refractivity contribution in [3.05, 3.63) is 95.0 Å². The lowest BCUT2D eigenvalue weighted by Crippen LogP contribution is -2.28. The molecule has 130 valence electrons. The van der Waals surface area contributed by atoms with Gasteiger partial charge in [-0.1, -0.05) is 60.7 Å². The van der Waals surface area contributed by atoms with Gasteiger partial charge in [0.2, 0.25) is 0 Å². The first-order valence-corrected chi connectivity index (χ1v) is 9.50. The van der Waals surface area contributed by atoms with Gasteiger partial charge in [0, 0.05) is 20.1 Å². The van der Waals surface area contributed by atoms with E-state index >= 15 is 0 Å². The summed E-state index contributed by atoms with van der Waals surface area (Å²) in [6.07, 6.45) is 0. The second kappa shape index (κ2) is 7.18. The van der Waals surface area contributed by atoms with Crippen LogP contribution in [0, 0.1) is 0 Å². The molecular weight excluding hydrogens is 340 g/mol. The highest BCUT2D eigenvalue weighted by molar-refractivity contribution is 7.17. The van der Waals surface area contributed by atoms with Crippen LogP contribution in [0.25, 0.3) is 10.2 Å². The van der Waals surface area contributed by atoms with Crippen molar-refractivity contribution < 1.29 is 4.79 Å². The lowest BCUT2D eigenvalue weighted by molar-refractivity contribution is 0.0775. The van der Waals surface area contributed by atoms with Gasteiger partial charge in [-0.25, -0.2) is 0 Å². The van der Waals surface area contributed by atoms with Crippen LogP contribution in [-0.2, 0) is 13.1 Å². The molecule has 0 saturated heterocycles. The minimum absolute atomic E-state index is 0.0492. The Balaban J connectivity index is 1.66. The van der Waals surface area contributed by atoms with Crippen molar-refractivity contribution in [3.63, 3.8) is 0 Å². The first-order valence-electron chi connectivity index (χ1n) is 8.62. The predicted molar refractivity (Wildman–Crippen MR) is 108 cm³/mol. The Hall–Kier alpha value is -2.85. The smallest absolute Gasteiger partial charge is 0.270 e. The summed E-state index contributed by atoms with van der Waals surface area (Å²) in [7, 11) is 1.86. The van der Waals surface area contributed by atoms with Gasteiger partial charge in [-0.05, 0) is 28.6 Å². The maximum atomic E-state index is 13.1. The number of benzene rings is 2. The Morgan fingerprint density at radius 1 is 0.962 bits per heavy atom. The molecule has 3 nitrogen and oxygen atoms in total. The van der Waals surface area contributed by atoms with Crippen LogP contribution in [0.2, 0.25) is 0 Å². The van der Waals surface area contributed by atoms with Gasteiger partial charge < -0.3 is 9.47 Å². The maximum absolute atomic E-state index is 13.1. The molecule has 2 aromatic carbocycles. The van der Waals surface area contributed by atoms with Crippen LogP contribution >= 0.6 is 11.3 Å². The Morgan fingerprint density at radius 3 is 2.31 bits per heavy atom. The average Bonchev–Trinajstić information content (AvgIpc) is 3.25. The van der Waals surface area contributed by atoms with Gasteiger partial charge in [-0.2, -0.15) is 0 Å². The summed E-state index contributed by atoms with van der Waals surface area (Å²) in [4.78, 5) is 14.9. The van der Waals surface area contributed by atoms with E-state index < -0.39 is 0 Å². The molecule has 2 aromatic heterocycles. The van der Waals surface area contributed by atoms with Crippen LogP contribution in [-0.4, -0.2) is 22.4 Å². The number of hydrogen-bond acceptors (Lipinski definition) is 2. The summed E-state index contributed by atoms with van der Waals surface area (Å²) in [6, 6.07) is 24.5. The van der Waals surface area contributed by atoms with Crippen LogP contribution in [0.3, 0.4) is 0 Å². The van der Waals surface area contributed by atoms with Crippen molar-refractivity contribution in [2.45, 2.75) is 13.1 Å². The third-order valence-corrected chi connectivity index (χ3v) is 5.39. The van der Waals surface area contributed by atoms with Gasteiger partial charge in [0.25, 0.3) is 5.91 Å². The number of aromatic nitrogens is 1. The van der Waals surface area contributed by atoms with Gasteiger partial charge in [0.05, 0.1) is 10.2 Å². The molecule has 4 aromatic rings. The highest BCUT2D eigenvalue weighted by Gasteiger charge is 2.20. The molecule has 0 radical (unpaired) electrons. The van der Waals surface area contributed by atoms with E-state index in [1.165, 1.54) is 5.56 Å². The Kier molecular flexibility index (Phi) is 4.59. The van der Waals surface area contributed by atoms with Gasteiger partial charge in [-0.3, -0.25) is 4.79 Å². The van der Waals surface area contributed by atoms with Gasteiger partial charge in [0.15, 0.2) is 0 Å². The zero-order valence-corrected chi connectivity index (χ0v) is 15.4. The molecular formula is C22H20N2OS. The molecule has 4 rings (SSSR count). The Bertz CT molecular complexity index is 1020. The van der Waals surface area contributed by atoms with Crippen molar-refractivity contribution in [1.29, 1.82) is 0 Å². The molecule has 1 amide bonds. The molecule has 2 heterocycles. The van der Waals surface area contributed by atoms with Crippen LogP contribution in [0.15, 0.2) is 78.2 Å². The molecule has 0 saturated carbocycles. The summed E-state index contributed by atoms with van der Waals surface area (Å²) < 4.78 is 3.28. The fourth-order valence-electron chi connectivity index (χ4n) is 3.22. The number of rotatable bonds is 5. The van der Waals surface area contributed by atoms with Crippen molar-refractivity contribution in [1.82, 2.24) is 9.47 Å². The lowest BCUT2D eigenvalue weighted by Gasteiger charge is -2.19. The summed E-state index contributed by atoms with van der Waals surface area (Å²) in [5, 5.41) is 2.08. The van der Waals surface area contributed by atoms with Gasteiger partial charge >= 0.3 is 0 Å². The summed E-state index contributed by atoms with van der Waals surface area (Å²) in [6.45, 7) is 1.30. The summed E-state index contributed by atoms with van der Waals surface area (Å²) >= 11 is 1.67. The first kappa shape index (κ1) is 16.6. The molecule has 0 atom stereocenters. The molecule has 0 bridgehead atoms. The van der Waals surface area contributed by atoms with Crippen molar-refractivity contribution in [2.75, 3.05) is 7.05 Å². The third kappa shape index (κ3) is 3.28. The van der Waals surface area contributed by atoms with Crippen molar-refractivity contribution in [3.8, 4) is 0 Å². The molecule has 4 heteroatoms. The molecule has 26 heavy (non-hydrogen) atoms. The quantitative estimate of drug-likeness (QED) is 0.490. The van der Waals surface area contributed by atoms with E-state index in [4.69, 9.17) is 0 Å². The van der Waals surface area contributed by atoms with E-state index in [1.54, 1.807) is 16.2 Å². The topological polar surface area (TPSA) is 25.2 Å². The molecule has 0 aliphatic carbocycles. The first-order chi connectivity index (χ1) is 12.7. The predicted octanol–water partition coefficient (Wildman–Crippen LogP) is 5.02. The number of carbonyl (C=O) groups is 1. The number of hydrogen-bond donors (Lipinski definition) is 0. The van der Waals surface area contributed by atoms with E-state index in [2.05, 4.69) is 28.1 Å².